The molecule has 0 spiro atoms. The number of pyridine rings is 2. The van der Waals surface area contributed by atoms with Gasteiger partial charge in [-0.25, -0.2) is 4.79 Å². The van der Waals surface area contributed by atoms with Gasteiger partial charge in [-0.15, -0.1) is 0 Å². The molecule has 0 radical (unpaired) electrons. The van der Waals surface area contributed by atoms with E-state index < -0.39 is 0 Å². The van der Waals surface area contributed by atoms with Crippen LogP contribution >= 0.6 is 0 Å². The second-order valence-corrected chi connectivity index (χ2v) is 6.72. The zero-order chi connectivity index (χ0) is 21.5. The highest BCUT2D eigenvalue weighted by atomic mass is 16.2. The van der Waals surface area contributed by atoms with Crippen LogP contribution in [0.5, 0.6) is 0 Å². The zero-order valence-corrected chi connectivity index (χ0v) is 17.3. The number of rotatable bonds is 6. The Bertz CT molecular complexity index is 1130. The van der Waals surface area contributed by atoms with Gasteiger partial charge in [0.2, 0.25) is 0 Å². The molecule has 0 aliphatic rings. The third-order valence-electron chi connectivity index (χ3n) is 4.46. The Kier molecular flexibility index (Phi) is 6.64. The van der Waals surface area contributed by atoms with Gasteiger partial charge in [0, 0.05) is 59.9 Å². The van der Waals surface area contributed by atoms with Gasteiger partial charge in [0.1, 0.15) is 0 Å². The Morgan fingerprint density at radius 2 is 2.10 bits per heavy atom. The molecule has 1 N–H and O–H groups in total. The van der Waals surface area contributed by atoms with Gasteiger partial charge in [0.15, 0.2) is 0 Å². The van der Waals surface area contributed by atoms with Crippen molar-refractivity contribution in [3.63, 3.8) is 0 Å². The standard InChI is InChI=1S/C23H24N6O/c1-5-19(13-24-6-2)21-14-28-29(15-21)23(30)27-12-18-9-16(3)22(26-11-18)20-7-8-25-17(4)10-20/h5-11,13-15H,1,12H2,2-4H3,(H,27,30)/b19-13+,24-6?. The van der Waals surface area contributed by atoms with Gasteiger partial charge in [0.25, 0.3) is 0 Å². The molecule has 0 aliphatic carbocycles. The van der Waals surface area contributed by atoms with E-state index in [9.17, 15) is 4.79 Å². The summed E-state index contributed by atoms with van der Waals surface area (Å²) in [5, 5.41) is 6.99. The van der Waals surface area contributed by atoms with Crippen molar-refractivity contribution in [2.75, 3.05) is 0 Å². The number of nitrogens with zero attached hydrogens (tertiary/aromatic N) is 5. The van der Waals surface area contributed by atoms with Crippen LogP contribution in [0, 0.1) is 13.8 Å². The molecule has 7 heteroatoms. The highest BCUT2D eigenvalue weighted by Crippen LogP contribution is 2.21. The first-order chi connectivity index (χ1) is 14.5. The lowest BCUT2D eigenvalue weighted by Gasteiger charge is -2.09. The van der Waals surface area contributed by atoms with Crippen molar-refractivity contribution in [1.82, 2.24) is 25.1 Å². The summed E-state index contributed by atoms with van der Waals surface area (Å²) in [5.41, 5.74) is 6.37. The number of carbonyl (C=O) groups is 1. The molecule has 0 fully saturated rings. The second-order valence-electron chi connectivity index (χ2n) is 6.72. The largest absolute Gasteiger partial charge is 0.342 e. The summed E-state index contributed by atoms with van der Waals surface area (Å²) in [4.78, 5) is 25.3. The number of hydrogen-bond acceptors (Lipinski definition) is 5. The minimum Gasteiger partial charge on any atom is -0.332 e. The van der Waals surface area contributed by atoms with E-state index in [2.05, 4.69) is 32.0 Å². The molecule has 0 atom stereocenters. The van der Waals surface area contributed by atoms with Crippen molar-refractivity contribution >= 4 is 17.8 Å². The maximum atomic E-state index is 12.5. The fraction of sp³-hybridized carbons (Fsp3) is 0.174. The Morgan fingerprint density at radius 1 is 1.27 bits per heavy atom. The molecule has 3 rings (SSSR count). The number of carbonyl (C=O) groups excluding carboxylic acids is 1. The van der Waals surface area contributed by atoms with Crippen LogP contribution in [0.3, 0.4) is 0 Å². The Morgan fingerprint density at radius 3 is 2.80 bits per heavy atom. The molecule has 30 heavy (non-hydrogen) atoms. The van der Waals surface area contributed by atoms with Gasteiger partial charge in [-0.1, -0.05) is 18.7 Å². The molecule has 7 nitrogen and oxygen atoms in total. The van der Waals surface area contributed by atoms with Gasteiger partial charge >= 0.3 is 6.03 Å². The van der Waals surface area contributed by atoms with Crippen LogP contribution in [0.25, 0.3) is 16.8 Å². The summed E-state index contributed by atoms with van der Waals surface area (Å²) in [6.45, 7) is 9.91. The minimum atomic E-state index is -0.324. The summed E-state index contributed by atoms with van der Waals surface area (Å²) in [5.74, 6) is 0. The number of hydrogen-bond donors (Lipinski definition) is 1. The maximum absolute atomic E-state index is 12.5. The third-order valence-corrected chi connectivity index (χ3v) is 4.46. The second kappa shape index (κ2) is 9.56. The fourth-order valence-electron chi connectivity index (χ4n) is 2.97. The van der Waals surface area contributed by atoms with Crippen molar-refractivity contribution in [3.05, 3.63) is 84.2 Å². The summed E-state index contributed by atoms with van der Waals surface area (Å²) in [6, 6.07) is 5.64. The number of aromatic nitrogens is 4. The van der Waals surface area contributed by atoms with Gasteiger partial charge in [-0.2, -0.15) is 9.78 Å². The van der Waals surface area contributed by atoms with Gasteiger partial charge in [-0.3, -0.25) is 15.0 Å². The molecule has 0 saturated carbocycles. The van der Waals surface area contributed by atoms with E-state index in [-0.39, 0.29) is 6.03 Å². The van der Waals surface area contributed by atoms with Crippen molar-refractivity contribution < 1.29 is 4.79 Å². The highest BCUT2D eigenvalue weighted by Gasteiger charge is 2.10. The number of aryl methyl sites for hydroxylation is 2. The van der Waals surface area contributed by atoms with Crippen LogP contribution < -0.4 is 5.32 Å². The number of nitrogens with one attached hydrogen (secondary N) is 1. The predicted molar refractivity (Wildman–Crippen MR) is 119 cm³/mol. The van der Waals surface area contributed by atoms with E-state index in [1.54, 1.807) is 43.3 Å². The Balaban J connectivity index is 1.68. The molecule has 152 valence electrons. The number of amides is 1. The van der Waals surface area contributed by atoms with E-state index in [1.807, 2.05) is 39.0 Å². The SMILES string of the molecule is C=C/C(=C\N=CC)c1cnn(C(=O)NCc2cnc(-c3ccnc(C)c3)c(C)c2)c1. The highest BCUT2D eigenvalue weighted by molar-refractivity contribution is 5.79. The predicted octanol–water partition coefficient (Wildman–Crippen LogP) is 4.33. The Labute approximate surface area is 175 Å². The lowest BCUT2D eigenvalue weighted by molar-refractivity contribution is 0.239. The topological polar surface area (TPSA) is 85.1 Å². The average molecular weight is 400 g/mol. The third kappa shape index (κ3) is 4.94. The summed E-state index contributed by atoms with van der Waals surface area (Å²) in [7, 11) is 0. The van der Waals surface area contributed by atoms with E-state index in [1.165, 1.54) is 4.68 Å². The van der Waals surface area contributed by atoms with Crippen molar-refractivity contribution in [3.8, 4) is 11.3 Å². The lowest BCUT2D eigenvalue weighted by atomic mass is 10.1. The van der Waals surface area contributed by atoms with Crippen molar-refractivity contribution in [2.45, 2.75) is 27.3 Å². The quantitative estimate of drug-likeness (QED) is 0.493. The van der Waals surface area contributed by atoms with Crippen LogP contribution in [-0.2, 0) is 6.54 Å². The van der Waals surface area contributed by atoms with Crippen molar-refractivity contribution in [1.29, 1.82) is 0 Å². The summed E-state index contributed by atoms with van der Waals surface area (Å²) < 4.78 is 1.26. The van der Waals surface area contributed by atoms with Crippen LogP contribution in [0.2, 0.25) is 0 Å². The van der Waals surface area contributed by atoms with Gasteiger partial charge in [-0.05, 0) is 44.0 Å². The summed E-state index contributed by atoms with van der Waals surface area (Å²) >= 11 is 0. The molecular weight excluding hydrogens is 376 g/mol. The normalized spacial score (nSPS) is 11.6. The van der Waals surface area contributed by atoms with Crippen LogP contribution in [0.1, 0.15) is 29.3 Å². The van der Waals surface area contributed by atoms with Gasteiger partial charge in [0.05, 0.1) is 11.9 Å². The van der Waals surface area contributed by atoms with Crippen molar-refractivity contribution in [2.24, 2.45) is 4.99 Å². The zero-order valence-electron chi connectivity index (χ0n) is 17.3. The molecule has 3 aromatic rings. The van der Waals surface area contributed by atoms with Crippen LogP contribution in [-0.4, -0.2) is 32.0 Å². The van der Waals surface area contributed by atoms with E-state index >= 15 is 0 Å². The monoisotopic (exact) mass is 400 g/mol. The lowest BCUT2D eigenvalue weighted by Crippen LogP contribution is -2.28. The number of allylic oxidation sites excluding steroid dienone is 2. The van der Waals surface area contributed by atoms with E-state index in [0.29, 0.717) is 6.54 Å². The van der Waals surface area contributed by atoms with Gasteiger partial charge < -0.3 is 5.32 Å². The molecule has 0 saturated heterocycles. The fourth-order valence-corrected chi connectivity index (χ4v) is 2.97. The molecule has 3 heterocycles. The van der Waals surface area contributed by atoms with Crippen LogP contribution in [0.4, 0.5) is 4.79 Å². The number of aliphatic imine (C=N–C) groups is 1. The minimum absolute atomic E-state index is 0.324. The van der Waals surface area contributed by atoms with E-state index in [4.69, 9.17) is 0 Å². The first-order valence-corrected chi connectivity index (χ1v) is 9.54. The van der Waals surface area contributed by atoms with E-state index in [0.717, 1.165) is 39.2 Å². The molecule has 3 aromatic heterocycles. The molecule has 0 aliphatic heterocycles. The molecule has 1 amide bonds. The molecule has 0 aromatic carbocycles. The first-order valence-electron chi connectivity index (χ1n) is 9.54. The molecule has 0 unspecified atom stereocenters. The summed E-state index contributed by atoms with van der Waals surface area (Å²) in [6.07, 6.45) is 11.8. The molecular formula is C23H24N6O. The average Bonchev–Trinajstić information content (AvgIpc) is 3.23. The molecule has 0 bridgehead atoms. The maximum Gasteiger partial charge on any atom is 0.342 e. The van der Waals surface area contributed by atoms with Crippen LogP contribution in [0.15, 0.2) is 66.8 Å². The Hall–Kier alpha value is -3.87. The first kappa shape index (κ1) is 20.9. The smallest absolute Gasteiger partial charge is 0.332 e.